The van der Waals surface area contributed by atoms with Crippen LogP contribution in [0.4, 0.5) is 10.1 Å². The molecule has 0 bridgehead atoms. The summed E-state index contributed by atoms with van der Waals surface area (Å²) in [4.78, 5) is 33.0. The number of nitrogens with one attached hydrogen (secondary N) is 2. The van der Waals surface area contributed by atoms with Crippen LogP contribution in [-0.4, -0.2) is 29.8 Å². The summed E-state index contributed by atoms with van der Waals surface area (Å²) in [5.74, 6) is -1.92. The molecular weight excluding hydrogens is 281 g/mol. The lowest BCUT2D eigenvalue weighted by Crippen LogP contribution is -2.38. The van der Waals surface area contributed by atoms with Gasteiger partial charge >= 0.3 is 0 Å². The molecule has 2 amide bonds. The maximum Gasteiger partial charge on any atom is 0.270 e. The number of nitro groups is 1. The van der Waals surface area contributed by atoms with E-state index in [0.717, 1.165) is 18.2 Å². The Morgan fingerprint density at radius 1 is 1.33 bits per heavy atom. The fourth-order valence-electron chi connectivity index (χ4n) is 1.44. The second kappa shape index (κ2) is 7.32. The molecule has 1 aromatic carbocycles. The van der Waals surface area contributed by atoms with Gasteiger partial charge in [0.1, 0.15) is 5.82 Å². The van der Waals surface area contributed by atoms with Gasteiger partial charge in [0.25, 0.3) is 11.6 Å². The smallest absolute Gasteiger partial charge is 0.270 e. The summed E-state index contributed by atoms with van der Waals surface area (Å²) in [5, 5.41) is 15.4. The molecule has 1 aromatic rings. The van der Waals surface area contributed by atoms with Crippen LogP contribution < -0.4 is 10.6 Å². The number of carbonyl (C=O) groups is 2. The van der Waals surface area contributed by atoms with Crippen molar-refractivity contribution in [3.8, 4) is 0 Å². The number of hydrogen-bond donors (Lipinski definition) is 2. The van der Waals surface area contributed by atoms with Gasteiger partial charge in [0, 0.05) is 18.7 Å². The standard InChI is InChI=1S/C13H16FN3O4/c1-8(2)6-15-12(18)7-16-13(19)10-5-9(17(20)21)3-4-11(10)14/h3-5,8H,6-7H2,1-2H3,(H,15,18)(H,16,19). The summed E-state index contributed by atoms with van der Waals surface area (Å²) in [6.07, 6.45) is 0. The molecule has 7 nitrogen and oxygen atoms in total. The SMILES string of the molecule is CC(C)CNC(=O)CNC(=O)c1cc([N+](=O)[O-])ccc1F. The molecule has 0 unspecified atom stereocenters. The highest BCUT2D eigenvalue weighted by Gasteiger charge is 2.17. The highest BCUT2D eigenvalue weighted by atomic mass is 19.1. The zero-order valence-electron chi connectivity index (χ0n) is 11.7. The molecule has 2 N–H and O–H groups in total. The maximum atomic E-state index is 13.5. The lowest BCUT2D eigenvalue weighted by Gasteiger charge is -2.09. The van der Waals surface area contributed by atoms with Crippen LogP contribution in [0, 0.1) is 21.8 Å². The first kappa shape index (κ1) is 16.5. The van der Waals surface area contributed by atoms with Gasteiger partial charge < -0.3 is 10.6 Å². The fraction of sp³-hybridized carbons (Fsp3) is 0.385. The predicted molar refractivity (Wildman–Crippen MR) is 73.2 cm³/mol. The van der Waals surface area contributed by atoms with E-state index in [9.17, 15) is 24.1 Å². The molecule has 114 valence electrons. The maximum absolute atomic E-state index is 13.5. The van der Waals surface area contributed by atoms with Crippen LogP contribution in [0.15, 0.2) is 18.2 Å². The highest BCUT2D eigenvalue weighted by molar-refractivity contribution is 5.97. The first-order valence-corrected chi connectivity index (χ1v) is 6.30. The largest absolute Gasteiger partial charge is 0.354 e. The average molecular weight is 297 g/mol. The van der Waals surface area contributed by atoms with E-state index in [1.807, 2.05) is 13.8 Å². The zero-order chi connectivity index (χ0) is 16.0. The van der Waals surface area contributed by atoms with E-state index in [-0.39, 0.29) is 12.5 Å². The molecule has 0 atom stereocenters. The van der Waals surface area contributed by atoms with Crippen LogP contribution in [0.3, 0.4) is 0 Å². The van der Waals surface area contributed by atoms with Crippen molar-refractivity contribution < 1.29 is 18.9 Å². The molecule has 0 saturated heterocycles. The van der Waals surface area contributed by atoms with E-state index >= 15 is 0 Å². The van der Waals surface area contributed by atoms with Crippen molar-refractivity contribution in [2.75, 3.05) is 13.1 Å². The van der Waals surface area contributed by atoms with E-state index in [4.69, 9.17) is 0 Å². The molecule has 1 rings (SSSR count). The Kier molecular flexibility index (Phi) is 5.77. The molecule has 0 aliphatic carbocycles. The number of nitro benzene ring substituents is 1. The Labute approximate surface area is 120 Å². The molecule has 21 heavy (non-hydrogen) atoms. The molecule has 8 heteroatoms. The number of nitrogens with zero attached hydrogens (tertiary/aromatic N) is 1. The third-order valence-electron chi connectivity index (χ3n) is 2.52. The van der Waals surface area contributed by atoms with Gasteiger partial charge in [0.05, 0.1) is 17.0 Å². The topological polar surface area (TPSA) is 101 Å². The number of carbonyl (C=O) groups excluding carboxylic acids is 2. The van der Waals surface area contributed by atoms with Crippen LogP contribution in [-0.2, 0) is 4.79 Å². The van der Waals surface area contributed by atoms with Crippen LogP contribution in [0.5, 0.6) is 0 Å². The molecule has 0 saturated carbocycles. The van der Waals surface area contributed by atoms with Gasteiger partial charge in [-0.3, -0.25) is 19.7 Å². The fourth-order valence-corrected chi connectivity index (χ4v) is 1.44. The van der Waals surface area contributed by atoms with Gasteiger partial charge in [-0.05, 0) is 12.0 Å². The van der Waals surface area contributed by atoms with Gasteiger partial charge in [-0.15, -0.1) is 0 Å². The van der Waals surface area contributed by atoms with Gasteiger partial charge in [0.15, 0.2) is 0 Å². The van der Waals surface area contributed by atoms with Crippen molar-refractivity contribution in [2.45, 2.75) is 13.8 Å². The highest BCUT2D eigenvalue weighted by Crippen LogP contribution is 2.16. The lowest BCUT2D eigenvalue weighted by molar-refractivity contribution is -0.384. The molecule has 0 radical (unpaired) electrons. The number of halogens is 1. The number of rotatable bonds is 6. The summed E-state index contributed by atoms with van der Waals surface area (Å²) in [6.45, 7) is 3.96. The quantitative estimate of drug-likeness (QED) is 0.609. The summed E-state index contributed by atoms with van der Waals surface area (Å²) in [5.41, 5.74) is -0.869. The molecule has 0 heterocycles. The Morgan fingerprint density at radius 3 is 2.57 bits per heavy atom. The normalized spacial score (nSPS) is 10.3. The zero-order valence-corrected chi connectivity index (χ0v) is 11.7. The van der Waals surface area contributed by atoms with Crippen LogP contribution >= 0.6 is 0 Å². The van der Waals surface area contributed by atoms with Crippen molar-refractivity contribution in [2.24, 2.45) is 5.92 Å². The van der Waals surface area contributed by atoms with Crippen LogP contribution in [0.1, 0.15) is 24.2 Å². The first-order chi connectivity index (χ1) is 9.81. The monoisotopic (exact) mass is 297 g/mol. The number of benzene rings is 1. The molecule has 0 fully saturated rings. The third kappa shape index (κ3) is 5.17. The van der Waals surface area contributed by atoms with E-state index in [1.165, 1.54) is 0 Å². The van der Waals surface area contributed by atoms with Crippen molar-refractivity contribution in [3.63, 3.8) is 0 Å². The summed E-state index contributed by atoms with van der Waals surface area (Å²) in [6, 6.07) is 2.63. The van der Waals surface area contributed by atoms with Crippen molar-refractivity contribution >= 4 is 17.5 Å². The number of amides is 2. The Morgan fingerprint density at radius 2 is 2.00 bits per heavy atom. The van der Waals surface area contributed by atoms with Gasteiger partial charge in [0.2, 0.25) is 5.91 Å². The minimum absolute atomic E-state index is 0.263. The van der Waals surface area contributed by atoms with Crippen molar-refractivity contribution in [1.82, 2.24) is 10.6 Å². The predicted octanol–water partition coefficient (Wildman–Crippen LogP) is 1.24. The van der Waals surface area contributed by atoms with Crippen molar-refractivity contribution in [1.29, 1.82) is 0 Å². The number of hydrogen-bond acceptors (Lipinski definition) is 4. The summed E-state index contributed by atoms with van der Waals surface area (Å²) >= 11 is 0. The minimum atomic E-state index is -0.888. The molecule has 0 spiro atoms. The van der Waals surface area contributed by atoms with E-state index in [1.54, 1.807) is 0 Å². The lowest BCUT2D eigenvalue weighted by atomic mass is 10.1. The van der Waals surface area contributed by atoms with Crippen LogP contribution in [0.25, 0.3) is 0 Å². The average Bonchev–Trinajstić information content (AvgIpc) is 2.42. The van der Waals surface area contributed by atoms with Gasteiger partial charge in [-0.2, -0.15) is 0 Å². The second-order valence-electron chi connectivity index (χ2n) is 4.80. The van der Waals surface area contributed by atoms with E-state index < -0.39 is 33.8 Å². The second-order valence-corrected chi connectivity index (χ2v) is 4.80. The van der Waals surface area contributed by atoms with Crippen molar-refractivity contribution in [3.05, 3.63) is 39.7 Å². The first-order valence-electron chi connectivity index (χ1n) is 6.30. The summed E-state index contributed by atoms with van der Waals surface area (Å²) in [7, 11) is 0. The minimum Gasteiger partial charge on any atom is -0.354 e. The molecular formula is C13H16FN3O4. The Bertz CT molecular complexity index is 560. The van der Waals surface area contributed by atoms with Gasteiger partial charge in [-0.25, -0.2) is 4.39 Å². The van der Waals surface area contributed by atoms with Crippen LogP contribution in [0.2, 0.25) is 0 Å². The Hall–Kier alpha value is -2.51. The third-order valence-corrected chi connectivity index (χ3v) is 2.52. The molecule has 0 aliphatic rings. The van der Waals surface area contributed by atoms with E-state index in [2.05, 4.69) is 10.6 Å². The number of non-ortho nitro benzene ring substituents is 1. The Balaban J connectivity index is 2.65. The molecule has 0 aliphatic heterocycles. The molecule has 0 aromatic heterocycles. The van der Waals surface area contributed by atoms with E-state index in [0.29, 0.717) is 6.54 Å². The van der Waals surface area contributed by atoms with Gasteiger partial charge in [-0.1, -0.05) is 13.8 Å². The summed E-state index contributed by atoms with van der Waals surface area (Å²) < 4.78 is 13.5.